The van der Waals surface area contributed by atoms with Gasteiger partial charge in [-0.15, -0.1) is 0 Å². The van der Waals surface area contributed by atoms with Gasteiger partial charge in [0, 0.05) is 12.1 Å². The lowest BCUT2D eigenvalue weighted by molar-refractivity contribution is -0.118. The second-order valence-electron chi connectivity index (χ2n) is 4.23. The Labute approximate surface area is 104 Å². The number of ether oxygens (including phenoxy) is 1. The van der Waals surface area contributed by atoms with E-state index in [-0.39, 0.29) is 17.4 Å². The van der Waals surface area contributed by atoms with Crippen molar-refractivity contribution in [3.8, 4) is 5.75 Å². The topological polar surface area (TPSA) is 64.3 Å². The maximum atomic E-state index is 13.5. The average molecular weight is 258 g/mol. The van der Waals surface area contributed by atoms with E-state index in [9.17, 15) is 13.6 Å². The van der Waals surface area contributed by atoms with Crippen LogP contribution in [0.5, 0.6) is 5.75 Å². The number of carbonyl (C=O) groups excluding carboxylic acids is 1. The van der Waals surface area contributed by atoms with Crippen LogP contribution in [0, 0.1) is 17.6 Å². The molecule has 0 heterocycles. The minimum atomic E-state index is -0.783. The van der Waals surface area contributed by atoms with Crippen molar-refractivity contribution in [2.75, 3.05) is 12.4 Å². The standard InChI is InChI=1S/C12H16F2N2O2/c1-6(2)11(15)12(17)16-9-4-8(14)10(18-3)5-7(9)13/h4-6,11H,15H2,1-3H3,(H,16,17)/t11-/m0/s1. The molecule has 6 heteroatoms. The number of hydrogen-bond acceptors (Lipinski definition) is 3. The Morgan fingerprint density at radius 3 is 2.44 bits per heavy atom. The number of halogens is 2. The van der Waals surface area contributed by atoms with Crippen molar-refractivity contribution in [2.24, 2.45) is 11.7 Å². The van der Waals surface area contributed by atoms with E-state index >= 15 is 0 Å². The largest absolute Gasteiger partial charge is 0.494 e. The third kappa shape index (κ3) is 3.16. The number of nitrogens with one attached hydrogen (secondary N) is 1. The molecule has 0 fully saturated rings. The van der Waals surface area contributed by atoms with Crippen molar-refractivity contribution >= 4 is 11.6 Å². The van der Waals surface area contributed by atoms with Crippen molar-refractivity contribution in [3.05, 3.63) is 23.8 Å². The fraction of sp³-hybridized carbons (Fsp3) is 0.417. The van der Waals surface area contributed by atoms with Gasteiger partial charge in [0.2, 0.25) is 5.91 Å². The van der Waals surface area contributed by atoms with Gasteiger partial charge in [-0.05, 0) is 5.92 Å². The first-order valence-corrected chi connectivity index (χ1v) is 5.46. The normalized spacial score (nSPS) is 12.4. The molecule has 0 saturated carbocycles. The molecular formula is C12H16F2N2O2. The van der Waals surface area contributed by atoms with E-state index in [1.54, 1.807) is 13.8 Å². The molecule has 3 N–H and O–H groups in total. The molecule has 0 unspecified atom stereocenters. The second-order valence-corrected chi connectivity index (χ2v) is 4.23. The predicted molar refractivity (Wildman–Crippen MR) is 64.4 cm³/mol. The number of nitrogens with two attached hydrogens (primary N) is 1. The van der Waals surface area contributed by atoms with E-state index in [4.69, 9.17) is 5.73 Å². The number of carbonyl (C=O) groups is 1. The number of methoxy groups -OCH3 is 1. The van der Waals surface area contributed by atoms with Crippen LogP contribution in [0.1, 0.15) is 13.8 Å². The molecule has 0 spiro atoms. The van der Waals surface area contributed by atoms with Crippen LogP contribution in [0.3, 0.4) is 0 Å². The summed E-state index contributed by atoms with van der Waals surface area (Å²) in [6.07, 6.45) is 0. The van der Waals surface area contributed by atoms with Crippen molar-refractivity contribution in [2.45, 2.75) is 19.9 Å². The molecule has 0 aliphatic carbocycles. The Hall–Kier alpha value is -1.69. The molecule has 1 aromatic rings. The van der Waals surface area contributed by atoms with Crippen LogP contribution in [0.2, 0.25) is 0 Å². The molecule has 1 rings (SSSR count). The molecule has 0 saturated heterocycles. The quantitative estimate of drug-likeness (QED) is 0.866. The highest BCUT2D eigenvalue weighted by atomic mass is 19.1. The molecule has 1 amide bonds. The molecule has 0 aromatic heterocycles. The maximum absolute atomic E-state index is 13.5. The average Bonchev–Trinajstić information content (AvgIpc) is 2.32. The van der Waals surface area contributed by atoms with Crippen molar-refractivity contribution < 1.29 is 18.3 Å². The highest BCUT2D eigenvalue weighted by molar-refractivity contribution is 5.95. The minimum Gasteiger partial charge on any atom is -0.494 e. The highest BCUT2D eigenvalue weighted by Crippen LogP contribution is 2.24. The molecule has 0 aliphatic rings. The first kappa shape index (κ1) is 14.4. The molecule has 18 heavy (non-hydrogen) atoms. The molecule has 0 radical (unpaired) electrons. The van der Waals surface area contributed by atoms with E-state index in [2.05, 4.69) is 10.1 Å². The zero-order chi connectivity index (χ0) is 13.9. The molecule has 4 nitrogen and oxygen atoms in total. The number of anilines is 1. The van der Waals surface area contributed by atoms with Crippen LogP contribution in [-0.4, -0.2) is 19.1 Å². The zero-order valence-electron chi connectivity index (χ0n) is 10.5. The molecule has 1 aromatic carbocycles. The van der Waals surface area contributed by atoms with E-state index in [0.717, 1.165) is 12.1 Å². The second kappa shape index (κ2) is 5.77. The van der Waals surface area contributed by atoms with E-state index in [1.807, 2.05) is 0 Å². The Bertz CT molecular complexity index is 450. The molecule has 1 atom stereocenters. The van der Waals surface area contributed by atoms with Gasteiger partial charge in [-0.3, -0.25) is 4.79 Å². The zero-order valence-corrected chi connectivity index (χ0v) is 10.5. The van der Waals surface area contributed by atoms with Crippen molar-refractivity contribution in [3.63, 3.8) is 0 Å². The summed E-state index contributed by atoms with van der Waals surface area (Å²) in [5.41, 5.74) is 5.34. The fourth-order valence-electron chi connectivity index (χ4n) is 1.30. The van der Waals surface area contributed by atoms with Gasteiger partial charge in [0.15, 0.2) is 17.4 Å². The summed E-state index contributed by atoms with van der Waals surface area (Å²) in [5.74, 6) is -2.42. The molecular weight excluding hydrogens is 242 g/mol. The Morgan fingerprint density at radius 2 is 1.94 bits per heavy atom. The third-order valence-corrected chi connectivity index (χ3v) is 2.52. The van der Waals surface area contributed by atoms with Crippen LogP contribution in [0.4, 0.5) is 14.5 Å². The molecule has 0 aliphatic heterocycles. The van der Waals surface area contributed by atoms with Gasteiger partial charge in [-0.1, -0.05) is 13.8 Å². The molecule has 100 valence electrons. The van der Waals surface area contributed by atoms with Gasteiger partial charge in [0.25, 0.3) is 0 Å². The van der Waals surface area contributed by atoms with E-state index in [0.29, 0.717) is 0 Å². The lowest BCUT2D eigenvalue weighted by Gasteiger charge is -2.16. The number of amides is 1. The Kier molecular flexibility index (Phi) is 4.61. The SMILES string of the molecule is COc1cc(F)c(NC(=O)[C@@H](N)C(C)C)cc1F. The van der Waals surface area contributed by atoms with Gasteiger partial charge in [0.1, 0.15) is 0 Å². The first-order valence-electron chi connectivity index (χ1n) is 5.46. The number of rotatable bonds is 4. The summed E-state index contributed by atoms with van der Waals surface area (Å²) in [5, 5.41) is 2.25. The lowest BCUT2D eigenvalue weighted by Crippen LogP contribution is -2.39. The van der Waals surface area contributed by atoms with Gasteiger partial charge >= 0.3 is 0 Å². The van der Waals surface area contributed by atoms with Gasteiger partial charge in [0.05, 0.1) is 18.8 Å². The summed E-state index contributed by atoms with van der Waals surface area (Å²) in [6, 6.07) is 0.944. The van der Waals surface area contributed by atoms with E-state index < -0.39 is 23.6 Å². The predicted octanol–water partition coefficient (Wildman–Crippen LogP) is 1.90. The van der Waals surface area contributed by atoms with Crippen LogP contribution >= 0.6 is 0 Å². The number of benzene rings is 1. The summed E-state index contributed by atoms with van der Waals surface area (Å²) in [7, 11) is 1.23. The van der Waals surface area contributed by atoms with Gasteiger partial charge < -0.3 is 15.8 Å². The third-order valence-electron chi connectivity index (χ3n) is 2.52. The Morgan fingerprint density at radius 1 is 1.33 bits per heavy atom. The monoisotopic (exact) mass is 258 g/mol. The minimum absolute atomic E-state index is 0.101. The van der Waals surface area contributed by atoms with Crippen LogP contribution < -0.4 is 15.8 Å². The van der Waals surface area contributed by atoms with Crippen LogP contribution in [0.25, 0.3) is 0 Å². The molecule has 0 bridgehead atoms. The van der Waals surface area contributed by atoms with Crippen LogP contribution in [0.15, 0.2) is 12.1 Å². The van der Waals surface area contributed by atoms with Gasteiger partial charge in [-0.2, -0.15) is 0 Å². The highest BCUT2D eigenvalue weighted by Gasteiger charge is 2.19. The summed E-state index contributed by atoms with van der Waals surface area (Å²) in [6.45, 7) is 3.52. The van der Waals surface area contributed by atoms with Crippen molar-refractivity contribution in [1.29, 1.82) is 0 Å². The first-order chi connectivity index (χ1) is 8.36. The van der Waals surface area contributed by atoms with E-state index in [1.165, 1.54) is 7.11 Å². The van der Waals surface area contributed by atoms with Crippen molar-refractivity contribution in [1.82, 2.24) is 0 Å². The smallest absolute Gasteiger partial charge is 0.241 e. The summed E-state index contributed by atoms with van der Waals surface area (Å²) < 4.78 is 31.5. The fourth-order valence-corrected chi connectivity index (χ4v) is 1.30. The lowest BCUT2D eigenvalue weighted by atomic mass is 10.0. The number of hydrogen-bond donors (Lipinski definition) is 2. The summed E-state index contributed by atoms with van der Waals surface area (Å²) >= 11 is 0. The van der Waals surface area contributed by atoms with Gasteiger partial charge in [-0.25, -0.2) is 8.78 Å². The Balaban J connectivity index is 2.92. The maximum Gasteiger partial charge on any atom is 0.241 e. The van der Waals surface area contributed by atoms with Crippen LogP contribution in [-0.2, 0) is 4.79 Å². The summed E-state index contributed by atoms with van der Waals surface area (Å²) in [4.78, 5) is 11.6.